The van der Waals surface area contributed by atoms with Crippen LogP contribution in [0.2, 0.25) is 0 Å². The molecule has 2 saturated heterocycles. The lowest BCUT2D eigenvalue weighted by Crippen LogP contribution is -2.47. The molecule has 1 amide bonds. The Hall–Kier alpha value is -2.23. The highest BCUT2D eigenvalue weighted by molar-refractivity contribution is 5.95. The average Bonchev–Trinajstić information content (AvgIpc) is 2.70. The fourth-order valence-corrected chi connectivity index (χ4v) is 3.70. The second-order valence-corrected chi connectivity index (χ2v) is 8.08. The van der Waals surface area contributed by atoms with Crippen LogP contribution in [0.1, 0.15) is 48.5 Å². The summed E-state index contributed by atoms with van der Waals surface area (Å²) in [5.41, 5.74) is -0.382. The van der Waals surface area contributed by atoms with Crippen molar-refractivity contribution in [3.05, 3.63) is 33.7 Å². The van der Waals surface area contributed by atoms with Gasteiger partial charge in [-0.15, -0.1) is 0 Å². The highest BCUT2D eigenvalue weighted by Gasteiger charge is 2.31. The molecule has 4 N–H and O–H groups in total. The molecule has 0 radical (unpaired) electrons. The number of aryl methyl sites for hydroxylation is 1. The molecule has 3 heterocycles. The fourth-order valence-electron chi connectivity index (χ4n) is 3.70. The minimum Gasteiger partial charge on any atom is -0.481 e. The van der Waals surface area contributed by atoms with Crippen LogP contribution in [-0.4, -0.2) is 65.1 Å². The lowest BCUT2D eigenvalue weighted by Gasteiger charge is -2.32. The van der Waals surface area contributed by atoms with Gasteiger partial charge < -0.3 is 30.2 Å². The van der Waals surface area contributed by atoms with Crippen molar-refractivity contribution in [1.29, 1.82) is 0 Å². The summed E-state index contributed by atoms with van der Waals surface area (Å²) in [6, 6.07) is 1.82. The Morgan fingerprint density at radius 2 is 2.03 bits per heavy atom. The Labute approximate surface area is 176 Å². The highest BCUT2D eigenvalue weighted by atomic mass is 16.5. The molecule has 30 heavy (non-hydrogen) atoms. The first-order chi connectivity index (χ1) is 14.2. The maximum atomic E-state index is 12.8. The van der Waals surface area contributed by atoms with Gasteiger partial charge in [-0.25, -0.2) is 0 Å². The molecule has 0 spiro atoms. The summed E-state index contributed by atoms with van der Waals surface area (Å²) >= 11 is 0. The summed E-state index contributed by atoms with van der Waals surface area (Å²) < 4.78 is 6.89. The van der Waals surface area contributed by atoms with Crippen molar-refractivity contribution in [3.63, 3.8) is 0 Å². The van der Waals surface area contributed by atoms with E-state index in [0.29, 0.717) is 44.1 Å². The number of nitrogens with zero attached hydrogens (tertiary/aromatic N) is 1. The van der Waals surface area contributed by atoms with Gasteiger partial charge in [0.05, 0.1) is 5.60 Å². The van der Waals surface area contributed by atoms with Crippen molar-refractivity contribution in [1.82, 2.24) is 15.2 Å². The molecule has 1 unspecified atom stereocenters. The monoisotopic (exact) mass is 423 g/mol. The number of aliphatic hydroxyl groups is 1. The molecule has 0 aromatic carbocycles. The van der Waals surface area contributed by atoms with E-state index in [2.05, 4.69) is 10.6 Å². The molecule has 1 atom stereocenters. The zero-order valence-corrected chi connectivity index (χ0v) is 17.8. The molecule has 0 aliphatic carbocycles. The molecule has 2 fully saturated rings. The highest BCUT2D eigenvalue weighted by Crippen LogP contribution is 2.19. The van der Waals surface area contributed by atoms with Crippen molar-refractivity contribution in [2.24, 2.45) is 5.92 Å². The van der Waals surface area contributed by atoms with Crippen molar-refractivity contribution < 1.29 is 24.5 Å². The standard InChI is InChI=1S/C19H29N3O4.C2H4O2/c1-14-4-8-22(12-15-3-2-7-20-11-15)18(24)16(14)17(23)21-13-19(25)5-9-26-10-6-19;1-2(3)4/h4,8,15,20,25H,2-3,5-7,9-13H2,1H3,(H,21,23);1H3,(H,3,4). The van der Waals surface area contributed by atoms with Crippen molar-refractivity contribution in [2.75, 3.05) is 32.8 Å². The number of rotatable bonds is 5. The van der Waals surface area contributed by atoms with Gasteiger partial charge in [0.15, 0.2) is 0 Å². The van der Waals surface area contributed by atoms with E-state index in [4.69, 9.17) is 14.6 Å². The van der Waals surface area contributed by atoms with Crippen molar-refractivity contribution >= 4 is 11.9 Å². The Morgan fingerprint density at radius 3 is 2.63 bits per heavy atom. The third-order valence-corrected chi connectivity index (χ3v) is 5.46. The first-order valence-corrected chi connectivity index (χ1v) is 10.4. The van der Waals surface area contributed by atoms with E-state index in [9.17, 15) is 14.7 Å². The minimum atomic E-state index is -0.955. The maximum absolute atomic E-state index is 12.8. The van der Waals surface area contributed by atoms with Gasteiger partial charge in [-0.05, 0) is 50.4 Å². The van der Waals surface area contributed by atoms with Crippen LogP contribution >= 0.6 is 0 Å². The number of ether oxygens (including phenoxy) is 1. The van der Waals surface area contributed by atoms with E-state index in [-0.39, 0.29) is 17.7 Å². The van der Waals surface area contributed by atoms with Gasteiger partial charge in [0.2, 0.25) is 0 Å². The number of carboxylic acids is 1. The summed E-state index contributed by atoms with van der Waals surface area (Å²) in [5, 5.41) is 24.0. The van der Waals surface area contributed by atoms with Gasteiger partial charge >= 0.3 is 0 Å². The molecule has 3 rings (SSSR count). The Bertz CT molecular complexity index is 775. The van der Waals surface area contributed by atoms with Crippen LogP contribution in [0.15, 0.2) is 17.1 Å². The zero-order valence-electron chi connectivity index (χ0n) is 17.8. The molecule has 9 nitrogen and oxygen atoms in total. The fraction of sp³-hybridized carbons (Fsp3) is 0.667. The van der Waals surface area contributed by atoms with Crippen molar-refractivity contribution in [3.8, 4) is 0 Å². The van der Waals surface area contributed by atoms with Crippen LogP contribution in [0.25, 0.3) is 0 Å². The second-order valence-electron chi connectivity index (χ2n) is 8.08. The molecular weight excluding hydrogens is 390 g/mol. The summed E-state index contributed by atoms with van der Waals surface area (Å²) in [5.74, 6) is -0.841. The molecule has 168 valence electrons. The number of carboxylic acid groups (broad SMARTS) is 1. The molecule has 1 aromatic heterocycles. The van der Waals surface area contributed by atoms with Gasteiger partial charge in [0, 0.05) is 52.3 Å². The first-order valence-electron chi connectivity index (χ1n) is 10.4. The maximum Gasteiger partial charge on any atom is 0.300 e. The Kier molecular flexibility index (Phi) is 9.01. The number of pyridine rings is 1. The molecule has 2 aliphatic rings. The second kappa shape index (κ2) is 11.2. The normalized spacial score (nSPS) is 20.6. The minimum absolute atomic E-state index is 0.134. The summed E-state index contributed by atoms with van der Waals surface area (Å²) in [7, 11) is 0. The Balaban J connectivity index is 0.000000735. The zero-order chi connectivity index (χ0) is 22.1. The van der Waals surface area contributed by atoms with E-state index in [1.54, 1.807) is 17.7 Å². The summed E-state index contributed by atoms with van der Waals surface area (Å²) in [6.45, 7) is 6.50. The molecular formula is C21H33N3O6. The lowest BCUT2D eigenvalue weighted by atomic mass is 9.94. The predicted octanol–water partition coefficient (Wildman–Crippen LogP) is 0.519. The topological polar surface area (TPSA) is 130 Å². The van der Waals surface area contributed by atoms with Crippen LogP contribution in [0.3, 0.4) is 0 Å². The average molecular weight is 424 g/mol. The van der Waals surface area contributed by atoms with Crippen LogP contribution < -0.4 is 16.2 Å². The molecule has 2 aliphatic heterocycles. The smallest absolute Gasteiger partial charge is 0.300 e. The van der Waals surface area contributed by atoms with Gasteiger partial charge in [-0.3, -0.25) is 14.4 Å². The number of aliphatic carboxylic acids is 1. The van der Waals surface area contributed by atoms with Gasteiger partial charge in [-0.1, -0.05) is 0 Å². The lowest BCUT2D eigenvalue weighted by molar-refractivity contribution is -0.134. The van der Waals surface area contributed by atoms with E-state index >= 15 is 0 Å². The van der Waals surface area contributed by atoms with Crippen LogP contribution in [0.4, 0.5) is 0 Å². The third kappa shape index (κ3) is 7.23. The quantitative estimate of drug-likeness (QED) is 0.543. The van der Waals surface area contributed by atoms with E-state index in [1.807, 2.05) is 6.07 Å². The number of nitrogens with one attached hydrogen (secondary N) is 2. The number of hydrogen-bond donors (Lipinski definition) is 4. The van der Waals surface area contributed by atoms with Crippen LogP contribution in [-0.2, 0) is 16.1 Å². The number of carbonyl (C=O) groups is 2. The number of amides is 1. The van der Waals surface area contributed by atoms with Gasteiger partial charge in [-0.2, -0.15) is 0 Å². The molecule has 9 heteroatoms. The van der Waals surface area contributed by atoms with E-state index in [1.165, 1.54) is 0 Å². The van der Waals surface area contributed by atoms with Crippen LogP contribution in [0.5, 0.6) is 0 Å². The molecule has 0 bridgehead atoms. The number of aromatic nitrogens is 1. The largest absolute Gasteiger partial charge is 0.481 e. The Morgan fingerprint density at radius 1 is 1.37 bits per heavy atom. The summed E-state index contributed by atoms with van der Waals surface area (Å²) in [4.78, 5) is 34.5. The van der Waals surface area contributed by atoms with E-state index in [0.717, 1.165) is 32.9 Å². The van der Waals surface area contributed by atoms with Crippen LogP contribution in [0, 0.1) is 12.8 Å². The summed E-state index contributed by atoms with van der Waals surface area (Å²) in [6.07, 6.45) is 4.94. The van der Waals surface area contributed by atoms with Crippen molar-refractivity contribution in [2.45, 2.75) is 51.7 Å². The number of carbonyl (C=O) groups excluding carboxylic acids is 1. The first kappa shape index (κ1) is 24.0. The SMILES string of the molecule is CC(=O)O.Cc1ccn(CC2CCCNC2)c(=O)c1C(=O)NCC1(O)CCOCC1. The molecule has 1 aromatic rings. The third-order valence-electron chi connectivity index (χ3n) is 5.46. The van der Waals surface area contributed by atoms with Gasteiger partial charge in [0.25, 0.3) is 17.4 Å². The predicted molar refractivity (Wildman–Crippen MR) is 112 cm³/mol. The number of piperidine rings is 1. The number of hydrogen-bond acceptors (Lipinski definition) is 6. The molecule has 0 saturated carbocycles. The van der Waals surface area contributed by atoms with E-state index < -0.39 is 17.5 Å². The van der Waals surface area contributed by atoms with Gasteiger partial charge in [0.1, 0.15) is 5.56 Å².